The molecule has 4 rings (SSSR count). The zero-order valence-electron chi connectivity index (χ0n) is 22.6. The van der Waals surface area contributed by atoms with Crippen LogP contribution in [0, 0.1) is 0 Å². The monoisotopic (exact) mass is 540 g/mol. The van der Waals surface area contributed by atoms with E-state index in [0.29, 0.717) is 37.9 Å². The van der Waals surface area contributed by atoms with E-state index < -0.39 is 23.9 Å². The molecular weight excluding hydrogens is 500 g/mol. The first kappa shape index (κ1) is 28.7. The number of aromatic nitrogens is 2. The maximum Gasteiger partial charge on any atom is 0.354 e. The molecule has 2 aromatic rings. The Hall–Kier alpha value is -3.32. The van der Waals surface area contributed by atoms with E-state index in [-0.39, 0.29) is 11.7 Å². The number of aliphatic hydroxyl groups excluding tert-OH is 1. The molecule has 12 nitrogen and oxygen atoms in total. The third kappa shape index (κ3) is 7.41. The summed E-state index contributed by atoms with van der Waals surface area (Å²) in [5, 5.41) is 12.0. The van der Waals surface area contributed by atoms with Crippen LogP contribution < -0.4 is 22.5 Å². The Balaban J connectivity index is 1.29. The molecule has 1 aromatic heterocycles. The zero-order chi connectivity index (χ0) is 28.0. The van der Waals surface area contributed by atoms with Crippen molar-refractivity contribution in [1.29, 1.82) is 0 Å². The molecule has 39 heavy (non-hydrogen) atoms. The lowest BCUT2D eigenvalue weighted by atomic mass is 10.0. The van der Waals surface area contributed by atoms with E-state index >= 15 is 0 Å². The average molecular weight is 541 g/mol. The summed E-state index contributed by atoms with van der Waals surface area (Å²) in [5.41, 5.74) is 12.0. The number of likely N-dealkylation sites (tertiary alicyclic amines) is 1. The van der Waals surface area contributed by atoms with Crippen LogP contribution in [0.15, 0.2) is 41.3 Å². The molecule has 2 unspecified atom stereocenters. The van der Waals surface area contributed by atoms with Crippen LogP contribution in [-0.4, -0.2) is 105 Å². The number of piperazine rings is 1. The molecule has 0 radical (unpaired) electrons. The molecule has 2 atom stereocenters. The minimum Gasteiger partial charge on any atom is -0.394 e. The van der Waals surface area contributed by atoms with E-state index in [9.17, 15) is 19.5 Å². The predicted molar refractivity (Wildman–Crippen MR) is 149 cm³/mol. The second-order valence-electron chi connectivity index (χ2n) is 10.7. The summed E-state index contributed by atoms with van der Waals surface area (Å²) >= 11 is 0. The highest BCUT2D eigenvalue weighted by Gasteiger charge is 2.34. The number of hydrogen-bond acceptors (Lipinski definition) is 8. The summed E-state index contributed by atoms with van der Waals surface area (Å²) in [7, 11) is 0. The van der Waals surface area contributed by atoms with Gasteiger partial charge in [0, 0.05) is 45.0 Å². The molecule has 2 aliphatic heterocycles. The second kappa shape index (κ2) is 12.7. The predicted octanol–water partition coefficient (Wildman–Crippen LogP) is -0.0260. The quantitative estimate of drug-likeness (QED) is 0.381. The van der Waals surface area contributed by atoms with Gasteiger partial charge in [0.1, 0.15) is 11.4 Å². The number of hydrogen-bond donors (Lipinski definition) is 4. The lowest BCUT2D eigenvalue weighted by Crippen LogP contribution is -2.60. The smallest absolute Gasteiger partial charge is 0.354 e. The fraction of sp³-hybridized carbons (Fsp3) is 0.556. The van der Waals surface area contributed by atoms with Gasteiger partial charge in [-0.25, -0.2) is 9.59 Å². The summed E-state index contributed by atoms with van der Waals surface area (Å²) in [6.45, 7) is 5.34. The van der Waals surface area contributed by atoms with E-state index in [1.54, 1.807) is 17.2 Å². The van der Waals surface area contributed by atoms with Gasteiger partial charge in [-0.15, -0.1) is 0 Å². The second-order valence-corrected chi connectivity index (χ2v) is 10.7. The molecule has 0 bridgehead atoms. The number of anilines is 1. The summed E-state index contributed by atoms with van der Waals surface area (Å²) in [4.78, 5) is 47.4. The topological polar surface area (TPSA) is 163 Å². The maximum absolute atomic E-state index is 12.7. The van der Waals surface area contributed by atoms with Crippen molar-refractivity contribution in [2.75, 3.05) is 57.7 Å². The molecule has 12 heteroatoms. The molecule has 3 amide bonds. The number of urea groups is 1. The fourth-order valence-electron chi connectivity index (χ4n) is 4.91. The van der Waals surface area contributed by atoms with Gasteiger partial charge < -0.3 is 31.3 Å². The Morgan fingerprint density at radius 1 is 1.05 bits per heavy atom. The number of carbonyl (C=O) groups excluding carboxylic acids is 2. The van der Waals surface area contributed by atoms with Crippen molar-refractivity contribution in [3.8, 4) is 5.69 Å². The van der Waals surface area contributed by atoms with Crippen LogP contribution in [0.4, 0.5) is 10.6 Å². The highest BCUT2D eigenvalue weighted by atomic mass is 16.3. The van der Waals surface area contributed by atoms with Crippen LogP contribution >= 0.6 is 0 Å². The van der Waals surface area contributed by atoms with Crippen LogP contribution in [0.2, 0.25) is 0 Å². The first-order valence-corrected chi connectivity index (χ1v) is 13.6. The lowest BCUT2D eigenvalue weighted by Gasteiger charge is -2.37. The molecule has 2 fully saturated rings. The van der Waals surface area contributed by atoms with Crippen molar-refractivity contribution in [2.45, 2.75) is 44.2 Å². The van der Waals surface area contributed by atoms with Gasteiger partial charge in [0.05, 0.1) is 12.3 Å². The largest absolute Gasteiger partial charge is 0.394 e. The van der Waals surface area contributed by atoms with Crippen molar-refractivity contribution >= 4 is 17.8 Å². The van der Waals surface area contributed by atoms with E-state index in [0.717, 1.165) is 45.3 Å². The third-order valence-corrected chi connectivity index (χ3v) is 7.51. The highest BCUT2D eigenvalue weighted by Crippen LogP contribution is 2.14. The standard InChI is InChI=1S/C27H40N8O4/c1-27(29,19-36)24(37)33-15-17-34(18-16-33)25(38)30-23-10-14-35(26(39)31-23)22-6-4-20(5-7-22)8-12-32-11-2-3-21(28)9-13-32/h4-7,10,14,21,36H,2-3,8-9,11-13,15-19,28-29H2,1H3,(H,30,31,38,39). The molecular formula is C27H40N8O4. The van der Waals surface area contributed by atoms with Gasteiger partial charge in [0.15, 0.2) is 0 Å². The SMILES string of the molecule is CC(N)(CO)C(=O)N1CCN(C(=O)Nc2ccn(-c3ccc(CCN4CCCC(N)CC4)cc3)c(=O)n2)CC1. The van der Waals surface area contributed by atoms with Crippen molar-refractivity contribution < 1.29 is 14.7 Å². The van der Waals surface area contributed by atoms with Gasteiger partial charge in [0.2, 0.25) is 5.91 Å². The number of nitrogens with two attached hydrogens (primary N) is 2. The van der Waals surface area contributed by atoms with E-state index in [1.807, 2.05) is 24.3 Å². The van der Waals surface area contributed by atoms with E-state index in [4.69, 9.17) is 11.5 Å². The van der Waals surface area contributed by atoms with Crippen LogP contribution in [0.25, 0.3) is 5.69 Å². The Kier molecular flexibility index (Phi) is 9.33. The van der Waals surface area contributed by atoms with Crippen LogP contribution in [-0.2, 0) is 11.2 Å². The molecule has 0 spiro atoms. The number of nitrogens with one attached hydrogen (secondary N) is 1. The summed E-state index contributed by atoms with van der Waals surface area (Å²) in [5.74, 6) is -0.200. The number of aliphatic hydroxyl groups is 1. The van der Waals surface area contributed by atoms with E-state index in [1.165, 1.54) is 22.0 Å². The summed E-state index contributed by atoms with van der Waals surface area (Å²) in [6, 6.07) is 9.35. The van der Waals surface area contributed by atoms with Gasteiger partial charge in [-0.1, -0.05) is 12.1 Å². The number of rotatable bonds is 7. The normalized spacial score (nSPS) is 20.3. The van der Waals surface area contributed by atoms with Gasteiger partial charge in [0.25, 0.3) is 0 Å². The number of amides is 3. The number of carbonyl (C=O) groups is 2. The van der Waals surface area contributed by atoms with Crippen LogP contribution in [0.1, 0.15) is 31.7 Å². The molecule has 1 aromatic carbocycles. The maximum atomic E-state index is 12.7. The molecule has 212 valence electrons. The van der Waals surface area contributed by atoms with Crippen molar-refractivity contribution in [3.05, 3.63) is 52.6 Å². The first-order valence-electron chi connectivity index (χ1n) is 13.6. The van der Waals surface area contributed by atoms with E-state index in [2.05, 4.69) is 15.2 Å². The molecule has 2 aliphatic rings. The van der Waals surface area contributed by atoms with Crippen molar-refractivity contribution in [1.82, 2.24) is 24.3 Å². The molecule has 6 N–H and O–H groups in total. The highest BCUT2D eigenvalue weighted by molar-refractivity contribution is 5.89. The molecule has 3 heterocycles. The fourth-order valence-corrected chi connectivity index (χ4v) is 4.91. The summed E-state index contributed by atoms with van der Waals surface area (Å²) < 4.78 is 1.44. The Morgan fingerprint density at radius 2 is 1.74 bits per heavy atom. The minimum absolute atomic E-state index is 0.156. The van der Waals surface area contributed by atoms with Gasteiger partial charge >= 0.3 is 11.7 Å². The van der Waals surface area contributed by atoms with Crippen LogP contribution in [0.5, 0.6) is 0 Å². The Bertz CT molecular complexity index is 1190. The number of nitrogens with zero attached hydrogens (tertiary/aromatic N) is 5. The zero-order valence-corrected chi connectivity index (χ0v) is 22.6. The van der Waals surface area contributed by atoms with Crippen molar-refractivity contribution in [2.24, 2.45) is 11.5 Å². The Labute approximate surface area is 228 Å². The van der Waals surface area contributed by atoms with Gasteiger partial charge in [-0.2, -0.15) is 4.98 Å². The number of benzene rings is 1. The van der Waals surface area contributed by atoms with Crippen molar-refractivity contribution in [3.63, 3.8) is 0 Å². The lowest BCUT2D eigenvalue weighted by molar-refractivity contribution is -0.139. The van der Waals surface area contributed by atoms with Gasteiger partial charge in [-0.3, -0.25) is 14.7 Å². The first-order chi connectivity index (χ1) is 18.7. The minimum atomic E-state index is -1.35. The summed E-state index contributed by atoms with van der Waals surface area (Å²) in [6.07, 6.45) is 5.81. The molecule has 0 saturated carbocycles. The van der Waals surface area contributed by atoms with Crippen LogP contribution in [0.3, 0.4) is 0 Å². The third-order valence-electron chi connectivity index (χ3n) is 7.51. The molecule has 0 aliphatic carbocycles. The average Bonchev–Trinajstić information content (AvgIpc) is 3.15. The Morgan fingerprint density at radius 3 is 2.41 bits per heavy atom. The molecule has 2 saturated heterocycles. The van der Waals surface area contributed by atoms with Gasteiger partial charge in [-0.05, 0) is 69.5 Å².